The van der Waals surface area contributed by atoms with Crippen LogP contribution in [0.5, 0.6) is 0 Å². The number of ether oxygens (including phenoxy) is 1. The number of pyridine rings is 1. The highest BCUT2D eigenvalue weighted by molar-refractivity contribution is 6.04. The molecule has 0 saturated carbocycles. The Morgan fingerprint density at radius 1 is 1.32 bits per heavy atom. The summed E-state index contributed by atoms with van der Waals surface area (Å²) in [5, 5.41) is 5.74. The Morgan fingerprint density at radius 3 is 2.96 bits per heavy atom. The Morgan fingerprint density at radius 2 is 2.21 bits per heavy atom. The molecule has 2 aromatic heterocycles. The molecule has 0 radical (unpaired) electrons. The lowest BCUT2D eigenvalue weighted by molar-refractivity contribution is -0.130. The van der Waals surface area contributed by atoms with Crippen LogP contribution >= 0.6 is 0 Å². The van der Waals surface area contributed by atoms with Gasteiger partial charge in [-0.05, 0) is 43.2 Å². The molecule has 1 unspecified atom stereocenters. The van der Waals surface area contributed by atoms with Crippen molar-refractivity contribution in [3.63, 3.8) is 0 Å². The Hall–Kier alpha value is -3.26. The van der Waals surface area contributed by atoms with Crippen molar-refractivity contribution in [1.29, 1.82) is 0 Å². The number of anilines is 1. The number of aromatic nitrogens is 3. The number of hydrogen-bond donors (Lipinski definition) is 2. The molecule has 1 aromatic carbocycles. The van der Waals surface area contributed by atoms with E-state index in [2.05, 4.69) is 20.6 Å². The molecule has 3 aromatic rings. The van der Waals surface area contributed by atoms with Gasteiger partial charge in [-0.1, -0.05) is 0 Å². The molecule has 1 atom stereocenters. The number of nitrogens with zero attached hydrogens (tertiary/aromatic N) is 3. The third kappa shape index (κ3) is 3.72. The van der Waals surface area contributed by atoms with Gasteiger partial charge in [-0.3, -0.25) is 14.6 Å². The molecule has 1 fully saturated rings. The van der Waals surface area contributed by atoms with E-state index in [0.29, 0.717) is 24.4 Å². The topological polar surface area (TPSA) is 98.1 Å². The van der Waals surface area contributed by atoms with Crippen LogP contribution < -0.4 is 10.6 Å². The summed E-state index contributed by atoms with van der Waals surface area (Å²) in [4.78, 5) is 33.0. The molecule has 0 aliphatic carbocycles. The highest BCUT2D eigenvalue weighted by atomic mass is 16.5. The van der Waals surface area contributed by atoms with Gasteiger partial charge in [0.15, 0.2) is 0 Å². The minimum Gasteiger partial charge on any atom is -0.368 e. The Labute approximate surface area is 161 Å². The maximum atomic E-state index is 12.3. The largest absolute Gasteiger partial charge is 0.368 e. The Bertz CT molecular complexity index is 1010. The zero-order chi connectivity index (χ0) is 19.5. The first-order valence-corrected chi connectivity index (χ1v) is 9.18. The van der Waals surface area contributed by atoms with Gasteiger partial charge in [0.2, 0.25) is 5.91 Å². The Kier molecular flexibility index (Phi) is 5.03. The fourth-order valence-electron chi connectivity index (χ4n) is 3.25. The monoisotopic (exact) mass is 379 g/mol. The quantitative estimate of drug-likeness (QED) is 0.707. The summed E-state index contributed by atoms with van der Waals surface area (Å²) in [5.41, 5.74) is 2.80. The van der Waals surface area contributed by atoms with Crippen LogP contribution in [-0.2, 0) is 23.1 Å². The van der Waals surface area contributed by atoms with Gasteiger partial charge in [0.1, 0.15) is 11.9 Å². The van der Waals surface area contributed by atoms with Gasteiger partial charge >= 0.3 is 0 Å². The van der Waals surface area contributed by atoms with Gasteiger partial charge < -0.3 is 19.9 Å². The molecule has 1 saturated heterocycles. The van der Waals surface area contributed by atoms with Crippen molar-refractivity contribution in [3.8, 4) is 0 Å². The van der Waals surface area contributed by atoms with Crippen LogP contribution in [0.1, 0.15) is 29.0 Å². The maximum Gasteiger partial charge on any atom is 0.257 e. The van der Waals surface area contributed by atoms with Crippen LogP contribution in [-0.4, -0.2) is 39.1 Å². The van der Waals surface area contributed by atoms with Crippen molar-refractivity contribution in [1.82, 2.24) is 19.9 Å². The van der Waals surface area contributed by atoms with E-state index in [1.807, 2.05) is 29.8 Å². The first-order chi connectivity index (χ1) is 13.6. The molecular formula is C20H21N5O3. The first kappa shape index (κ1) is 18.1. The molecule has 4 rings (SSSR count). The zero-order valence-corrected chi connectivity index (χ0v) is 15.5. The number of carbonyl (C=O) groups is 2. The summed E-state index contributed by atoms with van der Waals surface area (Å²) < 4.78 is 7.33. The lowest BCUT2D eigenvalue weighted by atomic mass is 10.2. The number of imidazole rings is 1. The van der Waals surface area contributed by atoms with Crippen molar-refractivity contribution in [3.05, 3.63) is 54.1 Å². The second-order valence-electron chi connectivity index (χ2n) is 6.71. The summed E-state index contributed by atoms with van der Waals surface area (Å²) in [7, 11) is 1.90. The van der Waals surface area contributed by atoms with Gasteiger partial charge in [0, 0.05) is 31.7 Å². The van der Waals surface area contributed by atoms with Crippen molar-refractivity contribution in [2.75, 3.05) is 11.9 Å². The summed E-state index contributed by atoms with van der Waals surface area (Å²) in [6.07, 6.45) is 4.45. The molecule has 8 heteroatoms. The molecule has 28 heavy (non-hydrogen) atoms. The highest BCUT2D eigenvalue weighted by Gasteiger charge is 2.23. The van der Waals surface area contributed by atoms with Crippen molar-refractivity contribution in [2.45, 2.75) is 25.5 Å². The van der Waals surface area contributed by atoms with Gasteiger partial charge in [0.25, 0.3) is 5.91 Å². The van der Waals surface area contributed by atoms with E-state index in [9.17, 15) is 9.59 Å². The number of carbonyl (C=O) groups excluding carboxylic acids is 2. The van der Waals surface area contributed by atoms with Crippen LogP contribution in [0.25, 0.3) is 11.0 Å². The molecular weight excluding hydrogens is 358 g/mol. The lowest BCUT2D eigenvalue weighted by Crippen LogP contribution is -2.34. The average Bonchev–Trinajstić information content (AvgIpc) is 3.35. The highest BCUT2D eigenvalue weighted by Crippen LogP contribution is 2.20. The van der Waals surface area contributed by atoms with E-state index in [1.54, 1.807) is 18.3 Å². The van der Waals surface area contributed by atoms with Crippen molar-refractivity contribution >= 4 is 28.5 Å². The SMILES string of the molecule is Cn1c(CNC(=O)C2CCCO2)nc2cc(NC(=O)c3cccnc3)ccc21. The fraction of sp³-hybridized carbons (Fsp3) is 0.300. The van der Waals surface area contributed by atoms with E-state index in [-0.39, 0.29) is 17.9 Å². The number of amides is 2. The fourth-order valence-corrected chi connectivity index (χ4v) is 3.25. The summed E-state index contributed by atoms with van der Waals surface area (Å²) in [6.45, 7) is 0.958. The summed E-state index contributed by atoms with van der Waals surface area (Å²) in [5.74, 6) is 0.401. The van der Waals surface area contributed by atoms with E-state index < -0.39 is 0 Å². The van der Waals surface area contributed by atoms with Crippen molar-refractivity contribution in [2.24, 2.45) is 7.05 Å². The number of fused-ring (bicyclic) bond motifs is 1. The number of rotatable bonds is 5. The van der Waals surface area contributed by atoms with Gasteiger partial charge in [0.05, 0.1) is 23.1 Å². The van der Waals surface area contributed by atoms with Crippen molar-refractivity contribution < 1.29 is 14.3 Å². The van der Waals surface area contributed by atoms with Crippen LogP contribution in [0.3, 0.4) is 0 Å². The van der Waals surface area contributed by atoms with Crippen LogP contribution in [0.4, 0.5) is 5.69 Å². The maximum absolute atomic E-state index is 12.3. The molecule has 2 amide bonds. The minimum atomic E-state index is -0.357. The third-order valence-corrected chi connectivity index (χ3v) is 4.80. The van der Waals surface area contributed by atoms with E-state index in [1.165, 1.54) is 6.20 Å². The average molecular weight is 379 g/mol. The minimum absolute atomic E-state index is 0.103. The number of benzene rings is 1. The first-order valence-electron chi connectivity index (χ1n) is 9.18. The second-order valence-corrected chi connectivity index (χ2v) is 6.71. The number of aryl methyl sites for hydroxylation is 1. The standard InChI is InChI=1S/C20H21N5O3/c1-25-16-7-6-14(23-19(26)13-4-2-8-21-11-13)10-15(16)24-18(25)12-22-20(27)17-5-3-9-28-17/h2,4,6-8,10-11,17H,3,5,9,12H2,1H3,(H,22,27)(H,23,26). The lowest BCUT2D eigenvalue weighted by Gasteiger charge is -2.10. The predicted molar refractivity (Wildman–Crippen MR) is 104 cm³/mol. The summed E-state index contributed by atoms with van der Waals surface area (Å²) >= 11 is 0. The van der Waals surface area contributed by atoms with Crippen LogP contribution in [0, 0.1) is 0 Å². The molecule has 2 N–H and O–H groups in total. The molecule has 1 aliphatic rings. The molecule has 1 aliphatic heterocycles. The zero-order valence-electron chi connectivity index (χ0n) is 15.5. The van der Waals surface area contributed by atoms with E-state index in [4.69, 9.17) is 4.74 Å². The predicted octanol–water partition coefficient (Wildman–Crippen LogP) is 2.02. The van der Waals surface area contributed by atoms with Gasteiger partial charge in [-0.15, -0.1) is 0 Å². The number of hydrogen-bond acceptors (Lipinski definition) is 5. The molecule has 0 spiro atoms. The van der Waals surface area contributed by atoms with E-state index >= 15 is 0 Å². The smallest absolute Gasteiger partial charge is 0.257 e. The normalized spacial score (nSPS) is 16.2. The third-order valence-electron chi connectivity index (χ3n) is 4.80. The summed E-state index contributed by atoms with van der Waals surface area (Å²) in [6, 6.07) is 8.96. The molecule has 8 nitrogen and oxygen atoms in total. The molecule has 3 heterocycles. The molecule has 144 valence electrons. The van der Waals surface area contributed by atoms with Crippen LogP contribution in [0.15, 0.2) is 42.7 Å². The molecule has 0 bridgehead atoms. The second kappa shape index (κ2) is 7.77. The van der Waals surface area contributed by atoms with E-state index in [0.717, 1.165) is 29.7 Å². The van der Waals surface area contributed by atoms with Crippen LogP contribution in [0.2, 0.25) is 0 Å². The van der Waals surface area contributed by atoms with Gasteiger partial charge in [-0.2, -0.15) is 0 Å². The Balaban J connectivity index is 1.47. The van der Waals surface area contributed by atoms with Gasteiger partial charge in [-0.25, -0.2) is 4.98 Å². The number of nitrogens with one attached hydrogen (secondary N) is 2.